The smallest absolute Gasteiger partial charge is 1.00 e. The molecule has 0 atom stereocenters. The van der Waals surface area contributed by atoms with Crippen molar-refractivity contribution in [2.75, 3.05) is 0 Å². The SMILES string of the molecule is O=C([O-])[O-].[LiH].[Na+].[Na+]. The average molecular weight is 114 g/mol. The van der Waals surface area contributed by atoms with Gasteiger partial charge in [0.05, 0.1) is 0 Å². The summed E-state index contributed by atoms with van der Waals surface area (Å²) in [5, 5.41) is 16.7. The van der Waals surface area contributed by atoms with Crippen molar-refractivity contribution >= 4 is 25.0 Å². The summed E-state index contributed by atoms with van der Waals surface area (Å²) in [6.45, 7) is 0. The first kappa shape index (κ1) is 23.2. The van der Waals surface area contributed by atoms with Crippen LogP contribution in [0.4, 0.5) is 4.79 Å². The van der Waals surface area contributed by atoms with Crippen molar-refractivity contribution in [3.8, 4) is 0 Å². The molecule has 0 aromatic carbocycles. The van der Waals surface area contributed by atoms with E-state index in [0.717, 1.165) is 0 Å². The Kier molecular flexibility index (Phi) is 51.8. The monoisotopic (exact) mass is 114 g/mol. The average Bonchev–Trinajstić information content (AvgIpc) is 0.811. The first-order valence-corrected chi connectivity index (χ1v) is 0.612. The minimum Gasteiger partial charge on any atom is 1.00 e. The molecule has 0 N–H and O–H groups in total. The summed E-state index contributed by atoms with van der Waals surface area (Å²) in [7, 11) is 0. The third-order valence-electron chi connectivity index (χ3n) is 0. The second-order valence-corrected chi connectivity index (χ2v) is 0.250. The normalized spacial score (nSPS) is 3.43. The van der Waals surface area contributed by atoms with Gasteiger partial charge in [0.1, 0.15) is 0 Å². The summed E-state index contributed by atoms with van der Waals surface area (Å²) in [4.78, 5) is 8.33. The summed E-state index contributed by atoms with van der Waals surface area (Å²) < 4.78 is 0. The molecule has 0 unspecified atom stereocenters. The van der Waals surface area contributed by atoms with E-state index >= 15 is 0 Å². The zero-order valence-electron chi connectivity index (χ0n) is 3.72. The van der Waals surface area contributed by atoms with Crippen molar-refractivity contribution in [1.82, 2.24) is 0 Å². The Morgan fingerprint density at radius 2 is 1.14 bits per heavy atom. The standard InChI is InChI=1S/CH2O3.Li.2Na.H/c2-1(3)4;;;;/h(H2,2,3,4);;;;/q;;2*+1;/p-2. The van der Waals surface area contributed by atoms with Gasteiger partial charge in [0.15, 0.2) is 0 Å². The van der Waals surface area contributed by atoms with Gasteiger partial charge >= 0.3 is 78.0 Å². The molecule has 7 heavy (non-hydrogen) atoms. The molecule has 0 bridgehead atoms. The number of rotatable bonds is 0. The van der Waals surface area contributed by atoms with Crippen molar-refractivity contribution in [1.29, 1.82) is 0 Å². The molecule has 0 aromatic rings. The van der Waals surface area contributed by atoms with E-state index in [4.69, 9.17) is 15.0 Å². The molecule has 0 rings (SSSR count). The molecule has 0 spiro atoms. The molecule has 0 radical (unpaired) electrons. The quantitative estimate of drug-likeness (QED) is 0.294. The molecule has 0 amide bonds. The largest absolute Gasteiger partial charge is 1.00 e. The Hall–Kier alpha value is 1.87. The Balaban J connectivity index is -0.0000000150. The number of carbonyl (C=O) groups is 1. The summed E-state index contributed by atoms with van der Waals surface area (Å²) in [6.07, 6.45) is -2.33. The van der Waals surface area contributed by atoms with Crippen LogP contribution < -0.4 is 69.3 Å². The first-order chi connectivity index (χ1) is 1.73. The van der Waals surface area contributed by atoms with Crippen LogP contribution in [0.2, 0.25) is 0 Å². The van der Waals surface area contributed by atoms with Crippen LogP contribution in [0.3, 0.4) is 0 Å². The molecular weight excluding hydrogens is 113 g/mol. The summed E-state index contributed by atoms with van der Waals surface area (Å²) in [5.74, 6) is 0. The van der Waals surface area contributed by atoms with Crippen LogP contribution in [0.1, 0.15) is 0 Å². The van der Waals surface area contributed by atoms with Crippen LogP contribution in [-0.4, -0.2) is 25.0 Å². The van der Waals surface area contributed by atoms with Crippen LogP contribution in [0.25, 0.3) is 0 Å². The van der Waals surface area contributed by atoms with Gasteiger partial charge in [0.2, 0.25) is 0 Å². The zero-order valence-corrected chi connectivity index (χ0v) is 7.72. The van der Waals surface area contributed by atoms with E-state index in [2.05, 4.69) is 0 Å². The summed E-state index contributed by atoms with van der Waals surface area (Å²) in [6, 6.07) is 0. The molecular formula is CHLiNa2O3. The maximum absolute atomic E-state index is 8.33. The minimum atomic E-state index is -2.33. The first-order valence-electron chi connectivity index (χ1n) is 0.612. The summed E-state index contributed by atoms with van der Waals surface area (Å²) in [5.41, 5.74) is 0. The van der Waals surface area contributed by atoms with E-state index in [-0.39, 0.29) is 78.0 Å². The molecule has 6 heteroatoms. The van der Waals surface area contributed by atoms with Crippen LogP contribution in [0.15, 0.2) is 0 Å². The predicted molar refractivity (Wildman–Crippen MR) is 12.5 cm³/mol. The number of hydrogen-bond donors (Lipinski definition) is 0. The van der Waals surface area contributed by atoms with Gasteiger partial charge in [-0.15, -0.1) is 0 Å². The minimum absolute atomic E-state index is 0. The van der Waals surface area contributed by atoms with Crippen molar-refractivity contribution in [2.24, 2.45) is 0 Å². The third-order valence-corrected chi connectivity index (χ3v) is 0. The van der Waals surface area contributed by atoms with Crippen LogP contribution in [-0.2, 0) is 0 Å². The van der Waals surface area contributed by atoms with E-state index < -0.39 is 6.16 Å². The predicted octanol–water partition coefficient (Wildman–Crippen LogP) is -9.09. The van der Waals surface area contributed by atoms with Gasteiger partial charge in [-0.2, -0.15) is 0 Å². The van der Waals surface area contributed by atoms with Crippen molar-refractivity contribution in [3.05, 3.63) is 0 Å². The fraction of sp³-hybridized carbons (Fsp3) is 0. The number of hydrogen-bond acceptors (Lipinski definition) is 3. The van der Waals surface area contributed by atoms with Crippen LogP contribution in [0, 0.1) is 0 Å². The van der Waals surface area contributed by atoms with Gasteiger partial charge < -0.3 is 15.0 Å². The fourth-order valence-electron chi connectivity index (χ4n) is 0. The van der Waals surface area contributed by atoms with Gasteiger partial charge in [0, 0.05) is 0 Å². The zero-order chi connectivity index (χ0) is 3.58. The molecule has 0 aliphatic rings. The fourth-order valence-corrected chi connectivity index (χ4v) is 0. The van der Waals surface area contributed by atoms with Gasteiger partial charge in [-0.05, 0) is 6.16 Å². The number of carboxylic acid groups (broad SMARTS) is 2. The van der Waals surface area contributed by atoms with E-state index in [1.165, 1.54) is 0 Å². The second kappa shape index (κ2) is 15.7. The van der Waals surface area contributed by atoms with Gasteiger partial charge in [-0.3, -0.25) is 0 Å². The summed E-state index contributed by atoms with van der Waals surface area (Å²) >= 11 is 0. The van der Waals surface area contributed by atoms with Crippen molar-refractivity contribution in [3.63, 3.8) is 0 Å². The Labute approximate surface area is 97.6 Å². The van der Waals surface area contributed by atoms with E-state index in [9.17, 15) is 0 Å². The van der Waals surface area contributed by atoms with Crippen molar-refractivity contribution < 1.29 is 74.1 Å². The molecule has 0 heterocycles. The maximum Gasteiger partial charge on any atom is 1.00 e. The van der Waals surface area contributed by atoms with Crippen LogP contribution in [0.5, 0.6) is 0 Å². The van der Waals surface area contributed by atoms with Gasteiger partial charge in [0.25, 0.3) is 0 Å². The molecule has 26 valence electrons. The molecule has 0 saturated carbocycles. The van der Waals surface area contributed by atoms with Crippen molar-refractivity contribution in [2.45, 2.75) is 0 Å². The topological polar surface area (TPSA) is 63.2 Å². The van der Waals surface area contributed by atoms with Gasteiger partial charge in [-0.25, -0.2) is 0 Å². The Bertz CT molecular complexity index is 35.9. The second-order valence-electron chi connectivity index (χ2n) is 0.250. The Morgan fingerprint density at radius 1 is 1.14 bits per heavy atom. The van der Waals surface area contributed by atoms with Gasteiger partial charge in [-0.1, -0.05) is 0 Å². The Morgan fingerprint density at radius 3 is 1.14 bits per heavy atom. The van der Waals surface area contributed by atoms with E-state index in [1.807, 2.05) is 0 Å². The van der Waals surface area contributed by atoms with E-state index in [0.29, 0.717) is 0 Å². The molecule has 3 nitrogen and oxygen atoms in total. The molecule has 0 saturated heterocycles. The van der Waals surface area contributed by atoms with Crippen LogP contribution >= 0.6 is 0 Å². The third kappa shape index (κ3) is 77.7. The molecule has 0 aromatic heterocycles. The maximum atomic E-state index is 8.33. The molecule has 0 aliphatic carbocycles. The van der Waals surface area contributed by atoms with E-state index in [1.54, 1.807) is 0 Å². The number of carbonyl (C=O) groups excluding carboxylic acids is 1. The molecule has 0 fully saturated rings. The molecule has 0 aliphatic heterocycles.